The number of nitrogens with one attached hydrogen (secondary N) is 1. The van der Waals surface area contributed by atoms with Crippen molar-refractivity contribution in [2.45, 2.75) is 24.2 Å². The Balaban J connectivity index is 1.32. The van der Waals surface area contributed by atoms with Gasteiger partial charge in [0.1, 0.15) is 5.58 Å². The number of furan rings is 1. The number of piperidine rings is 1. The Kier molecular flexibility index (Phi) is 6.06. The molecule has 8 nitrogen and oxygen atoms in total. The van der Waals surface area contributed by atoms with Crippen LogP contribution in [0.25, 0.3) is 11.0 Å². The Morgan fingerprint density at radius 1 is 1.00 bits per heavy atom. The van der Waals surface area contributed by atoms with Crippen molar-refractivity contribution in [3.8, 4) is 0 Å². The second-order valence-corrected chi connectivity index (χ2v) is 9.20. The quantitative estimate of drug-likeness (QED) is 0.587. The molecule has 1 N–H and O–H groups in total. The molecule has 31 heavy (non-hydrogen) atoms. The van der Waals surface area contributed by atoms with Crippen LogP contribution in [0.15, 0.2) is 63.9 Å². The van der Waals surface area contributed by atoms with Gasteiger partial charge in [0.25, 0.3) is 5.91 Å². The molecule has 0 spiro atoms. The summed E-state index contributed by atoms with van der Waals surface area (Å²) >= 11 is 0. The van der Waals surface area contributed by atoms with Crippen molar-refractivity contribution in [3.63, 3.8) is 0 Å². The summed E-state index contributed by atoms with van der Waals surface area (Å²) < 4.78 is 37.2. The lowest BCUT2D eigenvalue weighted by molar-refractivity contribution is -0.119. The smallest absolute Gasteiger partial charge is 0.374 e. The zero-order chi connectivity index (χ0) is 21.8. The molecule has 1 aliphatic rings. The molecule has 162 valence electrons. The summed E-state index contributed by atoms with van der Waals surface area (Å²) in [5.74, 6) is -1.27. The van der Waals surface area contributed by atoms with Gasteiger partial charge < -0.3 is 14.5 Å². The van der Waals surface area contributed by atoms with Crippen molar-refractivity contribution in [1.29, 1.82) is 0 Å². The molecule has 0 atom stereocenters. The van der Waals surface area contributed by atoms with Crippen LogP contribution in [0.2, 0.25) is 0 Å². The fraction of sp³-hybridized carbons (Fsp3) is 0.273. The number of sulfonamides is 1. The summed E-state index contributed by atoms with van der Waals surface area (Å²) in [6.07, 6.45) is 2.76. The highest BCUT2D eigenvalue weighted by Crippen LogP contribution is 2.22. The van der Waals surface area contributed by atoms with Crippen LogP contribution in [-0.4, -0.2) is 44.3 Å². The molecule has 1 fully saturated rings. The molecule has 9 heteroatoms. The van der Waals surface area contributed by atoms with Gasteiger partial charge in [0.2, 0.25) is 15.8 Å². The van der Waals surface area contributed by atoms with E-state index >= 15 is 0 Å². The topological polar surface area (TPSA) is 106 Å². The van der Waals surface area contributed by atoms with Gasteiger partial charge in [0.05, 0.1) is 4.90 Å². The monoisotopic (exact) mass is 442 g/mol. The van der Waals surface area contributed by atoms with Crippen LogP contribution in [0.4, 0.5) is 5.69 Å². The molecule has 0 radical (unpaired) electrons. The highest BCUT2D eigenvalue weighted by Gasteiger charge is 2.25. The van der Waals surface area contributed by atoms with Crippen molar-refractivity contribution in [2.24, 2.45) is 0 Å². The minimum Gasteiger partial charge on any atom is -0.450 e. The number of esters is 1. The molecule has 0 aliphatic carbocycles. The molecular formula is C22H22N2O6S. The summed E-state index contributed by atoms with van der Waals surface area (Å²) in [4.78, 5) is 24.4. The number of anilines is 1. The fourth-order valence-corrected chi connectivity index (χ4v) is 4.96. The third-order valence-corrected chi connectivity index (χ3v) is 6.96. The Hall–Kier alpha value is -3.17. The molecule has 0 bridgehead atoms. The maximum Gasteiger partial charge on any atom is 0.374 e. The first kappa shape index (κ1) is 21.1. The number of amides is 1. The van der Waals surface area contributed by atoms with E-state index in [4.69, 9.17) is 9.15 Å². The number of nitrogens with zero attached hydrogens (tertiary/aromatic N) is 1. The summed E-state index contributed by atoms with van der Waals surface area (Å²) in [6, 6.07) is 14.6. The molecule has 3 aromatic rings. The van der Waals surface area contributed by atoms with E-state index in [-0.39, 0.29) is 10.7 Å². The van der Waals surface area contributed by atoms with Crippen molar-refractivity contribution in [3.05, 3.63) is 60.4 Å². The van der Waals surface area contributed by atoms with Crippen LogP contribution in [0.1, 0.15) is 29.8 Å². The summed E-state index contributed by atoms with van der Waals surface area (Å²) in [6.45, 7) is 0.554. The van der Waals surface area contributed by atoms with Gasteiger partial charge >= 0.3 is 5.97 Å². The molecular weight excluding hydrogens is 420 g/mol. The van der Waals surface area contributed by atoms with Crippen LogP contribution in [-0.2, 0) is 19.6 Å². The average Bonchev–Trinajstić information content (AvgIpc) is 3.23. The number of para-hydroxylation sites is 1. The second-order valence-electron chi connectivity index (χ2n) is 7.26. The lowest BCUT2D eigenvalue weighted by Crippen LogP contribution is -2.35. The lowest BCUT2D eigenvalue weighted by atomic mass is 10.2. The molecule has 1 aromatic heterocycles. The first-order valence-electron chi connectivity index (χ1n) is 9.99. The highest BCUT2D eigenvalue weighted by atomic mass is 32.2. The number of hydrogen-bond acceptors (Lipinski definition) is 6. The fourth-order valence-electron chi connectivity index (χ4n) is 3.45. The van der Waals surface area contributed by atoms with E-state index in [9.17, 15) is 18.0 Å². The second kappa shape index (κ2) is 8.91. The van der Waals surface area contributed by atoms with Crippen LogP contribution in [0.3, 0.4) is 0 Å². The number of fused-ring (bicyclic) bond motifs is 1. The number of ether oxygens (including phenoxy) is 1. The lowest BCUT2D eigenvalue weighted by Gasteiger charge is -2.25. The van der Waals surface area contributed by atoms with Crippen LogP contribution in [0.5, 0.6) is 0 Å². The molecule has 4 rings (SSSR count). The largest absolute Gasteiger partial charge is 0.450 e. The molecule has 0 saturated carbocycles. The van der Waals surface area contributed by atoms with E-state index in [0.29, 0.717) is 24.4 Å². The van der Waals surface area contributed by atoms with Gasteiger partial charge in [-0.2, -0.15) is 4.31 Å². The zero-order valence-electron chi connectivity index (χ0n) is 16.7. The Morgan fingerprint density at radius 3 is 2.42 bits per heavy atom. The van der Waals surface area contributed by atoms with E-state index in [2.05, 4.69) is 5.32 Å². The van der Waals surface area contributed by atoms with E-state index in [0.717, 1.165) is 24.6 Å². The molecule has 2 aromatic carbocycles. The first-order chi connectivity index (χ1) is 14.9. The maximum absolute atomic E-state index is 12.7. The van der Waals surface area contributed by atoms with Crippen molar-refractivity contribution in [2.75, 3.05) is 25.0 Å². The predicted octanol–water partition coefficient (Wildman–Crippen LogP) is 3.40. The Bertz CT molecular complexity index is 1160. The standard InChI is InChI=1S/C22H22N2O6S/c25-21(15-29-22(26)20-14-16-6-2-3-7-19(16)30-20)23-17-8-10-18(11-9-17)31(27,28)24-12-4-1-5-13-24/h2-3,6-11,14H,1,4-5,12-13,15H2,(H,23,25). The van der Waals surface area contributed by atoms with Crippen molar-refractivity contribution in [1.82, 2.24) is 4.31 Å². The SMILES string of the molecule is O=C(COC(=O)c1cc2ccccc2o1)Nc1ccc(S(=O)(=O)N2CCCCC2)cc1. The van der Waals surface area contributed by atoms with E-state index in [1.165, 1.54) is 28.6 Å². The van der Waals surface area contributed by atoms with Gasteiger partial charge in [-0.1, -0.05) is 24.6 Å². The molecule has 0 unspecified atom stereocenters. The Morgan fingerprint density at radius 2 is 1.71 bits per heavy atom. The normalized spacial score (nSPS) is 15.0. The average molecular weight is 442 g/mol. The van der Waals surface area contributed by atoms with E-state index in [1.807, 2.05) is 6.07 Å². The van der Waals surface area contributed by atoms with Crippen LogP contribution in [0, 0.1) is 0 Å². The predicted molar refractivity (Wildman–Crippen MR) is 114 cm³/mol. The van der Waals surface area contributed by atoms with Gasteiger partial charge in [-0.15, -0.1) is 0 Å². The molecule has 1 saturated heterocycles. The molecule has 2 heterocycles. The molecule has 1 amide bonds. The Labute approximate surface area is 179 Å². The van der Waals surface area contributed by atoms with E-state index in [1.54, 1.807) is 24.3 Å². The van der Waals surface area contributed by atoms with Crippen LogP contribution >= 0.6 is 0 Å². The van der Waals surface area contributed by atoms with Gasteiger partial charge in [-0.25, -0.2) is 13.2 Å². The third-order valence-electron chi connectivity index (χ3n) is 5.05. The maximum atomic E-state index is 12.7. The van der Waals surface area contributed by atoms with Gasteiger partial charge in [0.15, 0.2) is 6.61 Å². The number of carbonyl (C=O) groups is 2. The number of hydrogen-bond donors (Lipinski definition) is 1. The minimum atomic E-state index is -3.53. The zero-order valence-corrected chi connectivity index (χ0v) is 17.6. The summed E-state index contributed by atoms with van der Waals surface area (Å²) in [5, 5.41) is 3.34. The first-order valence-corrected chi connectivity index (χ1v) is 11.4. The molecule has 1 aliphatic heterocycles. The van der Waals surface area contributed by atoms with Crippen LogP contribution < -0.4 is 5.32 Å². The van der Waals surface area contributed by atoms with Gasteiger partial charge in [0, 0.05) is 24.2 Å². The third kappa shape index (κ3) is 4.78. The number of benzene rings is 2. The summed E-state index contributed by atoms with van der Waals surface area (Å²) in [7, 11) is -3.53. The van der Waals surface area contributed by atoms with Gasteiger partial charge in [-0.3, -0.25) is 4.79 Å². The van der Waals surface area contributed by atoms with Crippen molar-refractivity contribution >= 4 is 38.6 Å². The number of rotatable bonds is 6. The van der Waals surface area contributed by atoms with Crippen molar-refractivity contribution < 1.29 is 27.2 Å². The van der Waals surface area contributed by atoms with Gasteiger partial charge in [-0.05, 0) is 49.2 Å². The van der Waals surface area contributed by atoms with E-state index < -0.39 is 28.5 Å². The minimum absolute atomic E-state index is 0.0151. The number of carbonyl (C=O) groups excluding carboxylic acids is 2. The highest BCUT2D eigenvalue weighted by molar-refractivity contribution is 7.89. The summed E-state index contributed by atoms with van der Waals surface area (Å²) in [5.41, 5.74) is 0.959.